The van der Waals surface area contributed by atoms with Crippen LogP contribution >= 0.6 is 11.6 Å². The molecule has 9 nitrogen and oxygen atoms in total. The highest BCUT2D eigenvalue weighted by atomic mass is 35.5. The van der Waals surface area contributed by atoms with Gasteiger partial charge < -0.3 is 10.6 Å². The minimum atomic E-state index is -0.668. The van der Waals surface area contributed by atoms with Crippen LogP contribution in [-0.4, -0.2) is 66.5 Å². The van der Waals surface area contributed by atoms with E-state index in [9.17, 15) is 9.59 Å². The third kappa shape index (κ3) is 3.14. The van der Waals surface area contributed by atoms with Crippen molar-refractivity contribution in [1.82, 2.24) is 30.0 Å². The molecule has 10 heteroatoms. The second kappa shape index (κ2) is 7.14. The second-order valence-electron chi connectivity index (χ2n) is 7.53. The summed E-state index contributed by atoms with van der Waals surface area (Å²) in [5.74, 6) is -0.470. The molecule has 2 saturated heterocycles. The molecule has 0 bridgehead atoms. The van der Waals surface area contributed by atoms with Gasteiger partial charge in [0.1, 0.15) is 12.4 Å². The van der Waals surface area contributed by atoms with E-state index < -0.39 is 17.5 Å². The van der Waals surface area contributed by atoms with Crippen molar-refractivity contribution in [2.75, 3.05) is 13.1 Å². The van der Waals surface area contributed by atoms with Gasteiger partial charge in [0.2, 0.25) is 11.8 Å². The summed E-state index contributed by atoms with van der Waals surface area (Å²) in [6, 6.07) is 5.00. The van der Waals surface area contributed by atoms with Crippen LogP contribution in [0.4, 0.5) is 0 Å². The number of aromatic nitrogens is 4. The normalized spacial score (nSPS) is 24.9. The fourth-order valence-electron chi connectivity index (χ4n) is 4.10. The third-order valence-electron chi connectivity index (χ3n) is 5.87. The van der Waals surface area contributed by atoms with Crippen LogP contribution < -0.4 is 5.73 Å². The molecule has 0 aliphatic carbocycles. The second-order valence-corrected chi connectivity index (χ2v) is 7.97. The molecule has 148 valence electrons. The molecule has 1 aromatic carbocycles. The minimum absolute atomic E-state index is 0.0361. The quantitative estimate of drug-likeness (QED) is 0.789. The number of carbonyl (C=O) groups excluding carboxylic acids is 2. The molecule has 2 fully saturated rings. The Bertz CT molecular complexity index is 903. The summed E-state index contributed by atoms with van der Waals surface area (Å²) < 4.78 is 1.58. The largest absolute Gasteiger partial charge is 0.368 e. The number of rotatable bonds is 5. The smallest absolute Gasteiger partial charge is 0.243 e. The van der Waals surface area contributed by atoms with Crippen LogP contribution in [0.25, 0.3) is 5.69 Å². The van der Waals surface area contributed by atoms with Gasteiger partial charge in [-0.3, -0.25) is 14.5 Å². The number of hydrogen-bond acceptors (Lipinski definition) is 6. The van der Waals surface area contributed by atoms with Gasteiger partial charge in [-0.1, -0.05) is 11.6 Å². The number of amides is 2. The van der Waals surface area contributed by atoms with Crippen molar-refractivity contribution >= 4 is 23.4 Å². The number of nitrogens with zero attached hydrogens (tertiary/aromatic N) is 6. The van der Waals surface area contributed by atoms with Crippen molar-refractivity contribution in [3.8, 4) is 5.69 Å². The first kappa shape index (κ1) is 18.8. The molecule has 0 spiro atoms. The Morgan fingerprint density at radius 3 is 2.82 bits per heavy atom. The lowest BCUT2D eigenvalue weighted by Gasteiger charge is -2.51. The maximum atomic E-state index is 13.3. The number of halogens is 1. The van der Waals surface area contributed by atoms with Crippen molar-refractivity contribution in [2.24, 2.45) is 5.73 Å². The Balaban J connectivity index is 1.57. The summed E-state index contributed by atoms with van der Waals surface area (Å²) in [5.41, 5.74) is 6.56. The zero-order valence-electron chi connectivity index (χ0n) is 15.6. The number of carbonyl (C=O) groups is 2. The molecule has 2 aromatic rings. The Hall–Kier alpha value is -2.52. The maximum Gasteiger partial charge on any atom is 0.243 e. The lowest BCUT2D eigenvalue weighted by atomic mass is 9.84. The number of tetrazole rings is 1. The van der Waals surface area contributed by atoms with Crippen LogP contribution in [0.2, 0.25) is 5.02 Å². The summed E-state index contributed by atoms with van der Waals surface area (Å²) in [5, 5.41) is 11.9. The highest BCUT2D eigenvalue weighted by Crippen LogP contribution is 2.36. The van der Waals surface area contributed by atoms with Gasteiger partial charge in [-0.2, -0.15) is 0 Å². The molecule has 2 aliphatic heterocycles. The van der Waals surface area contributed by atoms with Gasteiger partial charge in [-0.05, 0) is 60.4 Å². The molecule has 0 radical (unpaired) electrons. The molecule has 28 heavy (non-hydrogen) atoms. The molecule has 2 amide bonds. The van der Waals surface area contributed by atoms with E-state index in [0.717, 1.165) is 30.6 Å². The van der Waals surface area contributed by atoms with Crippen LogP contribution in [0.1, 0.15) is 31.7 Å². The first-order chi connectivity index (χ1) is 13.4. The van der Waals surface area contributed by atoms with Crippen LogP contribution in [0.5, 0.6) is 0 Å². The van der Waals surface area contributed by atoms with Crippen molar-refractivity contribution in [3.63, 3.8) is 0 Å². The van der Waals surface area contributed by atoms with Crippen LogP contribution in [0, 0.1) is 0 Å². The van der Waals surface area contributed by atoms with Gasteiger partial charge in [0.15, 0.2) is 0 Å². The monoisotopic (exact) mass is 403 g/mol. The highest BCUT2D eigenvalue weighted by Gasteiger charge is 2.51. The van der Waals surface area contributed by atoms with Crippen LogP contribution in [0.3, 0.4) is 0 Å². The molecule has 2 aliphatic rings. The molecule has 1 aromatic heterocycles. The van der Waals surface area contributed by atoms with Crippen molar-refractivity contribution in [2.45, 2.75) is 44.3 Å². The average molecular weight is 404 g/mol. The first-order valence-electron chi connectivity index (χ1n) is 9.27. The summed E-state index contributed by atoms with van der Waals surface area (Å²) in [6.07, 6.45) is 3.69. The first-order valence-corrected chi connectivity index (χ1v) is 9.65. The number of primary amides is 1. The minimum Gasteiger partial charge on any atom is -0.368 e. The predicted molar refractivity (Wildman–Crippen MR) is 102 cm³/mol. The Morgan fingerprint density at radius 2 is 2.18 bits per heavy atom. The Morgan fingerprint density at radius 1 is 1.36 bits per heavy atom. The van der Waals surface area contributed by atoms with Crippen LogP contribution in [-0.2, 0) is 16.1 Å². The Kier molecular flexibility index (Phi) is 4.80. The van der Waals surface area contributed by atoms with Gasteiger partial charge in [0.05, 0.1) is 11.2 Å². The fourth-order valence-corrected chi connectivity index (χ4v) is 4.29. The summed E-state index contributed by atoms with van der Waals surface area (Å²) >= 11 is 6.21. The van der Waals surface area contributed by atoms with Gasteiger partial charge >= 0.3 is 0 Å². The molecule has 1 unspecified atom stereocenters. The van der Waals surface area contributed by atoms with E-state index in [-0.39, 0.29) is 5.91 Å². The van der Waals surface area contributed by atoms with Gasteiger partial charge in [0, 0.05) is 24.7 Å². The van der Waals surface area contributed by atoms with E-state index in [1.807, 2.05) is 19.1 Å². The highest BCUT2D eigenvalue weighted by molar-refractivity contribution is 6.30. The molecule has 3 heterocycles. The molecular weight excluding hydrogens is 382 g/mol. The predicted octanol–water partition coefficient (Wildman–Crippen LogP) is 0.756. The molecule has 2 atom stereocenters. The SMILES string of the molecule is CC1(C(=O)N2CCC[C@H]2C(N)=O)CCN1Cc1cc(Cl)ccc1-n1cnnn1. The summed E-state index contributed by atoms with van der Waals surface area (Å²) in [6.45, 7) is 3.80. The van der Waals surface area contributed by atoms with Crippen molar-refractivity contribution in [1.29, 1.82) is 0 Å². The lowest BCUT2D eigenvalue weighted by Crippen LogP contribution is -2.66. The molecule has 4 rings (SSSR count). The van der Waals surface area contributed by atoms with Gasteiger partial charge in [-0.15, -0.1) is 5.10 Å². The summed E-state index contributed by atoms with van der Waals surface area (Å²) in [7, 11) is 0. The van der Waals surface area contributed by atoms with Gasteiger partial charge in [-0.25, -0.2) is 4.68 Å². The van der Waals surface area contributed by atoms with E-state index in [4.69, 9.17) is 17.3 Å². The average Bonchev–Trinajstić information content (AvgIpc) is 3.35. The van der Waals surface area contributed by atoms with Crippen molar-refractivity contribution < 1.29 is 9.59 Å². The number of likely N-dealkylation sites (tertiary alicyclic amines) is 2. The van der Waals surface area contributed by atoms with E-state index >= 15 is 0 Å². The fraction of sp³-hybridized carbons (Fsp3) is 0.500. The zero-order chi connectivity index (χ0) is 19.9. The number of hydrogen-bond donors (Lipinski definition) is 1. The van der Waals surface area contributed by atoms with Crippen molar-refractivity contribution in [3.05, 3.63) is 35.1 Å². The van der Waals surface area contributed by atoms with E-state index in [2.05, 4.69) is 20.4 Å². The Labute approximate surface area is 167 Å². The lowest BCUT2D eigenvalue weighted by molar-refractivity contribution is -0.156. The zero-order valence-corrected chi connectivity index (χ0v) is 16.3. The molecule has 0 saturated carbocycles. The van der Waals surface area contributed by atoms with E-state index in [1.165, 1.54) is 6.33 Å². The van der Waals surface area contributed by atoms with E-state index in [1.54, 1.807) is 15.6 Å². The number of benzene rings is 1. The molecular formula is C18H22ClN7O2. The summed E-state index contributed by atoms with van der Waals surface area (Å²) in [4.78, 5) is 28.7. The third-order valence-corrected chi connectivity index (χ3v) is 6.10. The number of nitrogens with two attached hydrogens (primary N) is 1. The van der Waals surface area contributed by atoms with Gasteiger partial charge in [0.25, 0.3) is 0 Å². The molecule has 2 N–H and O–H groups in total. The topological polar surface area (TPSA) is 110 Å². The van der Waals surface area contributed by atoms with E-state index in [0.29, 0.717) is 24.5 Å². The maximum absolute atomic E-state index is 13.3. The standard InChI is InChI=1S/C18H22ClN7O2/c1-18(17(28)25-7-2-3-15(25)16(20)27)6-8-24(18)10-12-9-13(19)4-5-14(12)26-11-21-22-23-26/h4-5,9,11,15H,2-3,6-8,10H2,1H3,(H2,20,27)/t15-,18?/m0/s1. The van der Waals surface area contributed by atoms with Crippen LogP contribution in [0.15, 0.2) is 24.5 Å².